The predicted octanol–water partition coefficient (Wildman–Crippen LogP) is 3.76. The molecule has 0 spiro atoms. The number of pyridine rings is 1. The van der Waals surface area contributed by atoms with Crippen molar-refractivity contribution in [2.45, 2.75) is 38.3 Å². The van der Waals surface area contributed by atoms with Crippen LogP contribution in [0.15, 0.2) is 41.2 Å². The summed E-state index contributed by atoms with van der Waals surface area (Å²) in [5.74, 6) is 0. The highest BCUT2D eigenvalue weighted by atomic mass is 35.5. The number of H-pyrrole nitrogens is 1. The van der Waals surface area contributed by atoms with Crippen molar-refractivity contribution in [1.29, 1.82) is 0 Å². The monoisotopic (exact) mass is 302 g/mol. The molecule has 21 heavy (non-hydrogen) atoms. The number of aromatic amines is 1. The molecule has 2 aromatic rings. The first-order valence-electron chi connectivity index (χ1n) is 7.37. The van der Waals surface area contributed by atoms with Gasteiger partial charge < -0.3 is 10.3 Å². The first-order valence-corrected chi connectivity index (χ1v) is 7.75. The minimum atomic E-state index is -0.0164. The van der Waals surface area contributed by atoms with Gasteiger partial charge in [0.15, 0.2) is 0 Å². The number of rotatable bonds is 3. The Morgan fingerprint density at radius 3 is 3.00 bits per heavy atom. The van der Waals surface area contributed by atoms with Gasteiger partial charge in [0.1, 0.15) is 0 Å². The summed E-state index contributed by atoms with van der Waals surface area (Å²) in [4.78, 5) is 14.4. The molecule has 3 nitrogen and oxygen atoms in total. The highest BCUT2D eigenvalue weighted by molar-refractivity contribution is 6.30. The number of aryl methyl sites for hydroxylation is 1. The van der Waals surface area contributed by atoms with Gasteiger partial charge >= 0.3 is 0 Å². The Bertz CT molecular complexity index is 695. The standard InChI is InChI=1S/C17H19ClN2O/c1-11(12-4-2-5-13(18)10-12)19-15-6-3-7-16-14(15)8-9-17(21)20-16/h2,4-5,8-11,15,19H,3,6-7H2,1H3,(H,20,21)/t11-,15?/m0/s1. The molecule has 1 heterocycles. The van der Waals surface area contributed by atoms with Crippen molar-refractivity contribution in [2.75, 3.05) is 0 Å². The Balaban J connectivity index is 1.82. The molecule has 1 aromatic carbocycles. The largest absolute Gasteiger partial charge is 0.326 e. The lowest BCUT2D eigenvalue weighted by Crippen LogP contribution is -2.29. The van der Waals surface area contributed by atoms with Crippen LogP contribution in [0, 0.1) is 0 Å². The van der Waals surface area contributed by atoms with Crippen LogP contribution in [0.5, 0.6) is 0 Å². The topological polar surface area (TPSA) is 44.9 Å². The Labute approximate surface area is 129 Å². The van der Waals surface area contributed by atoms with Gasteiger partial charge in [-0.3, -0.25) is 4.79 Å². The third kappa shape index (κ3) is 3.20. The third-order valence-corrected chi connectivity index (χ3v) is 4.37. The maximum absolute atomic E-state index is 11.4. The molecule has 2 N–H and O–H groups in total. The second kappa shape index (κ2) is 6.04. The summed E-state index contributed by atoms with van der Waals surface area (Å²) in [5.41, 5.74) is 3.45. The van der Waals surface area contributed by atoms with Gasteiger partial charge in [-0.2, -0.15) is 0 Å². The first-order chi connectivity index (χ1) is 10.1. The molecule has 3 rings (SSSR count). The molecule has 0 bridgehead atoms. The molecule has 0 radical (unpaired) electrons. The molecule has 1 aliphatic rings. The van der Waals surface area contributed by atoms with E-state index in [1.165, 1.54) is 11.1 Å². The average molecular weight is 303 g/mol. The fourth-order valence-electron chi connectivity index (χ4n) is 3.05. The van der Waals surface area contributed by atoms with Crippen molar-refractivity contribution in [2.24, 2.45) is 0 Å². The van der Waals surface area contributed by atoms with E-state index in [9.17, 15) is 4.79 Å². The Hall–Kier alpha value is -1.58. The molecule has 1 aromatic heterocycles. The summed E-state index contributed by atoms with van der Waals surface area (Å²) >= 11 is 6.06. The van der Waals surface area contributed by atoms with Crippen LogP contribution in [-0.2, 0) is 6.42 Å². The Morgan fingerprint density at radius 1 is 1.33 bits per heavy atom. The van der Waals surface area contributed by atoms with Gasteiger partial charge in [-0.25, -0.2) is 0 Å². The molecule has 0 amide bonds. The highest BCUT2D eigenvalue weighted by Gasteiger charge is 2.22. The van der Waals surface area contributed by atoms with E-state index >= 15 is 0 Å². The summed E-state index contributed by atoms with van der Waals surface area (Å²) in [6.45, 7) is 2.14. The average Bonchev–Trinajstić information content (AvgIpc) is 2.47. The Morgan fingerprint density at radius 2 is 2.19 bits per heavy atom. The van der Waals surface area contributed by atoms with Crippen molar-refractivity contribution in [3.05, 3.63) is 68.6 Å². The molecule has 0 saturated carbocycles. The van der Waals surface area contributed by atoms with Crippen molar-refractivity contribution in [1.82, 2.24) is 10.3 Å². The van der Waals surface area contributed by atoms with Crippen molar-refractivity contribution in [3.8, 4) is 0 Å². The molecule has 1 unspecified atom stereocenters. The van der Waals surface area contributed by atoms with Crippen LogP contribution < -0.4 is 10.9 Å². The summed E-state index contributed by atoms with van der Waals surface area (Å²) in [7, 11) is 0. The zero-order valence-corrected chi connectivity index (χ0v) is 12.8. The second-order valence-corrected chi connectivity index (χ2v) is 6.08. The van der Waals surface area contributed by atoms with E-state index in [1.54, 1.807) is 6.07 Å². The lowest BCUT2D eigenvalue weighted by atomic mass is 9.90. The van der Waals surface area contributed by atoms with Crippen LogP contribution in [0.1, 0.15) is 48.7 Å². The quantitative estimate of drug-likeness (QED) is 0.907. The van der Waals surface area contributed by atoms with E-state index in [-0.39, 0.29) is 17.6 Å². The van der Waals surface area contributed by atoms with Crippen LogP contribution >= 0.6 is 11.6 Å². The number of aromatic nitrogens is 1. The minimum absolute atomic E-state index is 0.0164. The molecule has 2 atom stereocenters. The van der Waals surface area contributed by atoms with Crippen LogP contribution in [0.3, 0.4) is 0 Å². The van der Waals surface area contributed by atoms with Crippen LogP contribution in [-0.4, -0.2) is 4.98 Å². The highest BCUT2D eigenvalue weighted by Crippen LogP contribution is 2.30. The summed E-state index contributed by atoms with van der Waals surface area (Å²) in [6.07, 6.45) is 3.13. The van der Waals surface area contributed by atoms with E-state index in [2.05, 4.69) is 23.3 Å². The zero-order chi connectivity index (χ0) is 14.8. The van der Waals surface area contributed by atoms with Gasteiger partial charge in [-0.05, 0) is 49.4 Å². The van der Waals surface area contributed by atoms with Gasteiger partial charge in [0.25, 0.3) is 0 Å². The molecule has 1 aliphatic carbocycles. The maximum Gasteiger partial charge on any atom is 0.248 e. The van der Waals surface area contributed by atoms with Crippen molar-refractivity contribution < 1.29 is 0 Å². The van der Waals surface area contributed by atoms with Gasteiger partial charge in [-0.15, -0.1) is 0 Å². The molecule has 4 heteroatoms. The number of nitrogens with one attached hydrogen (secondary N) is 2. The van der Waals surface area contributed by atoms with E-state index < -0.39 is 0 Å². The molecule has 0 aliphatic heterocycles. The maximum atomic E-state index is 11.4. The van der Waals surface area contributed by atoms with Gasteiger partial charge in [-0.1, -0.05) is 29.8 Å². The van der Waals surface area contributed by atoms with Crippen LogP contribution in [0.2, 0.25) is 5.02 Å². The summed E-state index contributed by atoms with van der Waals surface area (Å²) < 4.78 is 0. The summed E-state index contributed by atoms with van der Waals surface area (Å²) in [5, 5.41) is 4.42. The predicted molar refractivity (Wildman–Crippen MR) is 85.7 cm³/mol. The van der Waals surface area contributed by atoms with E-state index in [0.29, 0.717) is 0 Å². The first kappa shape index (κ1) is 14.4. The molecule has 0 saturated heterocycles. The second-order valence-electron chi connectivity index (χ2n) is 5.64. The molecular formula is C17H19ClN2O. The SMILES string of the molecule is C[C@H](NC1CCCc2[nH]c(=O)ccc21)c1cccc(Cl)c1. The number of fused-ring (bicyclic) bond motifs is 1. The van der Waals surface area contributed by atoms with Gasteiger partial charge in [0.05, 0.1) is 0 Å². The summed E-state index contributed by atoms with van der Waals surface area (Å²) in [6, 6.07) is 12.0. The number of hydrogen-bond donors (Lipinski definition) is 2. The smallest absolute Gasteiger partial charge is 0.248 e. The van der Waals surface area contributed by atoms with Crippen LogP contribution in [0.25, 0.3) is 0 Å². The van der Waals surface area contributed by atoms with Gasteiger partial charge in [0, 0.05) is 28.9 Å². The Kier molecular flexibility index (Phi) is 4.13. The van der Waals surface area contributed by atoms with Gasteiger partial charge in [0.2, 0.25) is 5.56 Å². The van der Waals surface area contributed by atoms with Crippen LogP contribution in [0.4, 0.5) is 0 Å². The fraction of sp³-hybridized carbons (Fsp3) is 0.353. The van der Waals surface area contributed by atoms with E-state index in [4.69, 9.17) is 11.6 Å². The lowest BCUT2D eigenvalue weighted by molar-refractivity contribution is 0.411. The van der Waals surface area contributed by atoms with Crippen molar-refractivity contribution in [3.63, 3.8) is 0 Å². The normalized spacial score (nSPS) is 19.0. The van der Waals surface area contributed by atoms with E-state index in [1.807, 2.05) is 24.3 Å². The molecular weight excluding hydrogens is 284 g/mol. The number of benzene rings is 1. The van der Waals surface area contributed by atoms with E-state index in [0.717, 1.165) is 30.0 Å². The number of halogens is 1. The molecule has 110 valence electrons. The minimum Gasteiger partial charge on any atom is -0.326 e. The van der Waals surface area contributed by atoms with Crippen molar-refractivity contribution >= 4 is 11.6 Å². The molecule has 0 fully saturated rings. The lowest BCUT2D eigenvalue weighted by Gasteiger charge is -2.29. The fourth-order valence-corrected chi connectivity index (χ4v) is 3.25. The third-order valence-electron chi connectivity index (χ3n) is 4.13. The zero-order valence-electron chi connectivity index (χ0n) is 12.0. The number of hydrogen-bond acceptors (Lipinski definition) is 2.